The van der Waals surface area contributed by atoms with E-state index in [2.05, 4.69) is 203 Å². The zero-order chi connectivity index (χ0) is 33.0. The molecule has 2 aromatic heterocycles. The van der Waals surface area contributed by atoms with Crippen molar-refractivity contribution in [1.82, 2.24) is 9.13 Å². The third kappa shape index (κ3) is 4.43. The maximum atomic E-state index is 2.43. The third-order valence-corrected chi connectivity index (χ3v) is 10.1. The van der Waals surface area contributed by atoms with Crippen LogP contribution in [0.5, 0.6) is 0 Å². The number of fused-ring (bicyclic) bond motifs is 6. The topological polar surface area (TPSA) is 9.86 Å². The second kappa shape index (κ2) is 11.5. The lowest BCUT2D eigenvalue weighted by Crippen LogP contribution is -1.97. The van der Waals surface area contributed by atoms with Crippen LogP contribution in [0.2, 0.25) is 0 Å². The molecule has 8 aromatic carbocycles. The van der Waals surface area contributed by atoms with Crippen LogP contribution in [0.15, 0.2) is 194 Å². The van der Waals surface area contributed by atoms with Crippen LogP contribution in [0, 0.1) is 0 Å². The van der Waals surface area contributed by atoms with E-state index in [1.807, 2.05) is 0 Å². The lowest BCUT2D eigenvalue weighted by molar-refractivity contribution is 1.18. The highest BCUT2D eigenvalue weighted by atomic mass is 15.0. The maximum Gasteiger partial charge on any atom is 0.0547 e. The molecule has 2 heterocycles. The summed E-state index contributed by atoms with van der Waals surface area (Å²) in [5.74, 6) is 0. The van der Waals surface area contributed by atoms with E-state index in [-0.39, 0.29) is 0 Å². The number of nitrogens with zero attached hydrogens (tertiary/aromatic N) is 2. The van der Waals surface area contributed by atoms with Gasteiger partial charge >= 0.3 is 0 Å². The minimum atomic E-state index is 1.16. The summed E-state index contributed by atoms with van der Waals surface area (Å²) in [6.07, 6.45) is 0. The summed E-state index contributed by atoms with van der Waals surface area (Å²) < 4.78 is 4.83. The first-order valence-electron chi connectivity index (χ1n) is 17.2. The molecule has 10 aromatic rings. The average Bonchev–Trinajstić information content (AvgIpc) is 3.71. The number of benzene rings is 8. The van der Waals surface area contributed by atoms with Gasteiger partial charge in [-0.1, -0.05) is 140 Å². The smallest absolute Gasteiger partial charge is 0.0547 e. The fourth-order valence-electron chi connectivity index (χ4n) is 7.91. The minimum Gasteiger partial charge on any atom is -0.309 e. The summed E-state index contributed by atoms with van der Waals surface area (Å²) >= 11 is 0. The first-order valence-corrected chi connectivity index (χ1v) is 17.2. The monoisotopic (exact) mass is 636 g/mol. The van der Waals surface area contributed by atoms with Gasteiger partial charge in [0.1, 0.15) is 0 Å². The van der Waals surface area contributed by atoms with Crippen molar-refractivity contribution in [3.8, 4) is 44.8 Å². The van der Waals surface area contributed by atoms with Crippen molar-refractivity contribution < 1.29 is 0 Å². The van der Waals surface area contributed by atoms with Gasteiger partial charge in [0.25, 0.3) is 0 Å². The Bertz CT molecular complexity index is 2840. The van der Waals surface area contributed by atoms with Crippen LogP contribution in [0.25, 0.3) is 88.4 Å². The maximum absolute atomic E-state index is 2.43. The molecule has 2 nitrogen and oxygen atoms in total. The molecular weight excluding hydrogens is 605 g/mol. The van der Waals surface area contributed by atoms with Crippen LogP contribution in [0.4, 0.5) is 0 Å². The van der Waals surface area contributed by atoms with Gasteiger partial charge in [-0.3, -0.25) is 0 Å². The van der Waals surface area contributed by atoms with Crippen molar-refractivity contribution in [3.63, 3.8) is 0 Å². The number of hydrogen-bond donors (Lipinski definition) is 0. The summed E-state index contributed by atoms with van der Waals surface area (Å²) in [7, 11) is 0. The van der Waals surface area contributed by atoms with E-state index >= 15 is 0 Å². The summed E-state index contributed by atoms with van der Waals surface area (Å²) in [6.45, 7) is 0. The van der Waals surface area contributed by atoms with Gasteiger partial charge in [0.2, 0.25) is 0 Å². The Hall–Kier alpha value is -6.64. The molecule has 0 N–H and O–H groups in total. The molecule has 0 saturated heterocycles. The highest BCUT2D eigenvalue weighted by Crippen LogP contribution is 2.42. The molecule has 0 spiro atoms. The van der Waals surface area contributed by atoms with E-state index in [0.29, 0.717) is 0 Å². The van der Waals surface area contributed by atoms with Crippen molar-refractivity contribution in [1.29, 1.82) is 0 Å². The normalized spacial score (nSPS) is 11.6. The van der Waals surface area contributed by atoms with Crippen LogP contribution >= 0.6 is 0 Å². The summed E-state index contributed by atoms with van der Waals surface area (Å²) in [4.78, 5) is 0. The van der Waals surface area contributed by atoms with Crippen LogP contribution in [0.1, 0.15) is 0 Å². The van der Waals surface area contributed by atoms with Crippen LogP contribution in [-0.4, -0.2) is 9.13 Å². The zero-order valence-electron chi connectivity index (χ0n) is 27.4. The van der Waals surface area contributed by atoms with Gasteiger partial charge in [-0.25, -0.2) is 0 Å². The number of rotatable bonds is 5. The Balaban J connectivity index is 1.21. The van der Waals surface area contributed by atoms with Crippen molar-refractivity contribution in [3.05, 3.63) is 194 Å². The molecule has 0 amide bonds. The van der Waals surface area contributed by atoms with Crippen LogP contribution < -0.4 is 0 Å². The molecule has 50 heavy (non-hydrogen) atoms. The van der Waals surface area contributed by atoms with Gasteiger partial charge in [0, 0.05) is 32.8 Å². The Morgan fingerprint density at radius 2 is 0.800 bits per heavy atom. The number of hydrogen-bond acceptors (Lipinski definition) is 0. The molecule has 0 fully saturated rings. The van der Waals surface area contributed by atoms with E-state index in [1.165, 1.54) is 82.7 Å². The first-order chi connectivity index (χ1) is 24.8. The van der Waals surface area contributed by atoms with Crippen molar-refractivity contribution in [2.24, 2.45) is 0 Å². The van der Waals surface area contributed by atoms with Gasteiger partial charge in [-0.05, 0) is 82.4 Å². The molecule has 2 heteroatoms. The predicted octanol–water partition coefficient (Wildman–Crippen LogP) is 12.9. The molecule has 0 aliphatic carbocycles. The Morgan fingerprint density at radius 3 is 1.54 bits per heavy atom. The van der Waals surface area contributed by atoms with Gasteiger partial charge in [-0.2, -0.15) is 0 Å². The van der Waals surface area contributed by atoms with E-state index in [1.54, 1.807) is 0 Å². The molecule has 0 saturated carbocycles. The van der Waals surface area contributed by atoms with Crippen molar-refractivity contribution in [2.75, 3.05) is 0 Å². The number of para-hydroxylation sites is 3. The van der Waals surface area contributed by atoms with E-state index < -0.39 is 0 Å². The molecule has 0 radical (unpaired) electrons. The summed E-state index contributed by atoms with van der Waals surface area (Å²) in [5, 5.41) is 5.02. The Kier molecular flexibility index (Phi) is 6.53. The molecule has 0 atom stereocenters. The van der Waals surface area contributed by atoms with Gasteiger partial charge in [0.15, 0.2) is 0 Å². The Morgan fingerprint density at radius 1 is 0.280 bits per heavy atom. The van der Waals surface area contributed by atoms with Crippen molar-refractivity contribution >= 4 is 43.6 Å². The van der Waals surface area contributed by atoms with Gasteiger partial charge < -0.3 is 9.13 Å². The van der Waals surface area contributed by atoms with Gasteiger partial charge in [-0.15, -0.1) is 0 Å². The van der Waals surface area contributed by atoms with E-state index in [0.717, 1.165) is 5.69 Å². The molecule has 0 bridgehead atoms. The minimum absolute atomic E-state index is 1.16. The average molecular weight is 637 g/mol. The molecule has 0 aliphatic heterocycles. The van der Waals surface area contributed by atoms with Crippen molar-refractivity contribution in [2.45, 2.75) is 0 Å². The SMILES string of the molecule is c1ccc(-c2ccccc2-n2c3ccccc3c3cc(-c4ccc5c(c4)c4c(-c6ccccc6)cccc4n5-c4ccccc4)ccc32)cc1. The zero-order valence-corrected chi connectivity index (χ0v) is 27.4. The Labute approximate surface area is 290 Å². The summed E-state index contributed by atoms with van der Waals surface area (Å²) in [6, 6.07) is 70.3. The first kappa shape index (κ1) is 28.4. The third-order valence-electron chi connectivity index (χ3n) is 10.1. The highest BCUT2D eigenvalue weighted by molar-refractivity contribution is 6.17. The fraction of sp³-hybridized carbons (Fsp3) is 0. The molecular formula is C48H32N2. The van der Waals surface area contributed by atoms with Crippen LogP contribution in [0.3, 0.4) is 0 Å². The second-order valence-electron chi connectivity index (χ2n) is 12.9. The quantitative estimate of drug-likeness (QED) is 0.178. The molecule has 0 unspecified atom stereocenters. The summed E-state index contributed by atoms with van der Waals surface area (Å²) in [5.41, 5.74) is 14.5. The molecule has 10 rings (SSSR count). The largest absolute Gasteiger partial charge is 0.309 e. The highest BCUT2D eigenvalue weighted by Gasteiger charge is 2.19. The van der Waals surface area contributed by atoms with E-state index in [9.17, 15) is 0 Å². The van der Waals surface area contributed by atoms with E-state index in [4.69, 9.17) is 0 Å². The molecule has 234 valence electrons. The fourth-order valence-corrected chi connectivity index (χ4v) is 7.91. The van der Waals surface area contributed by atoms with Crippen LogP contribution in [-0.2, 0) is 0 Å². The number of aromatic nitrogens is 2. The lowest BCUT2D eigenvalue weighted by atomic mass is 9.97. The van der Waals surface area contributed by atoms with Gasteiger partial charge in [0.05, 0.1) is 27.8 Å². The predicted molar refractivity (Wildman–Crippen MR) is 211 cm³/mol. The lowest BCUT2D eigenvalue weighted by Gasteiger charge is -2.14. The molecule has 0 aliphatic rings. The second-order valence-corrected chi connectivity index (χ2v) is 12.9. The standard InChI is InChI=1S/C48H32N2/c1-4-15-33(16-5-1)38-21-10-12-24-43(38)50-44-25-13-11-22-40(44)41-31-35(27-29-45(41)50)36-28-30-46-42(32-36)48-39(34-17-6-2-7-18-34)23-14-26-47(48)49(46)37-19-8-3-9-20-37/h1-32H.